The summed E-state index contributed by atoms with van der Waals surface area (Å²) >= 11 is 1.65. The molecule has 0 fully saturated rings. The van der Waals surface area contributed by atoms with Gasteiger partial charge in [0.15, 0.2) is 11.4 Å². The van der Waals surface area contributed by atoms with Crippen molar-refractivity contribution in [3.05, 3.63) is 48.0 Å². The highest BCUT2D eigenvalue weighted by Crippen LogP contribution is 2.40. The average Bonchev–Trinajstić information content (AvgIpc) is 3.45. The van der Waals surface area contributed by atoms with E-state index in [0.717, 1.165) is 43.6 Å². The highest BCUT2D eigenvalue weighted by molar-refractivity contribution is 7.17. The third kappa shape index (κ3) is 3.54. The Bertz CT molecular complexity index is 1320. The Morgan fingerprint density at radius 2 is 1.93 bits per heavy atom. The maximum absolute atomic E-state index is 7.62. The number of thiophene rings is 1. The summed E-state index contributed by atoms with van der Waals surface area (Å²) in [6, 6.07) is 4.04. The number of aliphatic hydroxyl groups is 2. The number of nitrogen functional groups attached to an aromatic ring is 1. The van der Waals surface area contributed by atoms with Gasteiger partial charge in [-0.2, -0.15) is 5.10 Å². The fourth-order valence-electron chi connectivity index (χ4n) is 3.33. The van der Waals surface area contributed by atoms with E-state index in [1.807, 2.05) is 38.5 Å². The molecule has 8 nitrogen and oxygen atoms in total. The summed E-state index contributed by atoms with van der Waals surface area (Å²) in [5.74, 6) is 1.16. The van der Waals surface area contributed by atoms with Crippen LogP contribution in [-0.2, 0) is 7.05 Å². The van der Waals surface area contributed by atoms with Crippen LogP contribution < -0.4 is 5.73 Å². The van der Waals surface area contributed by atoms with Crippen LogP contribution in [-0.4, -0.2) is 43.2 Å². The van der Waals surface area contributed by atoms with Crippen molar-refractivity contribution in [2.45, 2.75) is 6.92 Å². The number of rotatable bonds is 3. The third-order valence-corrected chi connectivity index (χ3v) is 5.57. The number of hydrogen-bond acceptors (Lipinski definition) is 8. The molecular weight excluding hydrogens is 402 g/mol. The minimum Gasteiger partial charge on any atom is -0.452 e. The van der Waals surface area contributed by atoms with E-state index in [1.54, 1.807) is 28.4 Å². The van der Waals surface area contributed by atoms with E-state index in [0.29, 0.717) is 11.4 Å². The Hall–Kier alpha value is -3.27. The van der Waals surface area contributed by atoms with E-state index in [-0.39, 0.29) is 13.2 Å². The molecule has 0 unspecified atom stereocenters. The Labute approximate surface area is 176 Å². The van der Waals surface area contributed by atoms with Crippen molar-refractivity contribution in [2.75, 3.05) is 18.9 Å². The molecule has 0 amide bonds. The lowest BCUT2D eigenvalue weighted by Gasteiger charge is -2.01. The van der Waals surface area contributed by atoms with Gasteiger partial charge in [0.05, 0.1) is 23.6 Å². The van der Waals surface area contributed by atoms with E-state index >= 15 is 0 Å². The van der Waals surface area contributed by atoms with Gasteiger partial charge in [-0.05, 0) is 19.1 Å². The SMILES string of the molecule is Cc1nn(C)cc1-c1cnc(N)c2oc(-c3csc4cnccc34)cc12.OCCO. The van der Waals surface area contributed by atoms with Crippen molar-refractivity contribution in [2.24, 2.45) is 7.05 Å². The molecule has 5 heterocycles. The minimum absolute atomic E-state index is 0.125. The number of nitrogens with zero attached hydrogens (tertiary/aromatic N) is 4. The summed E-state index contributed by atoms with van der Waals surface area (Å²) in [5, 5.41) is 23.8. The zero-order valence-electron chi connectivity index (χ0n) is 16.5. The van der Waals surface area contributed by atoms with Crippen LogP contribution in [0.1, 0.15) is 5.69 Å². The topological polar surface area (TPSA) is 123 Å². The molecule has 0 saturated heterocycles. The summed E-state index contributed by atoms with van der Waals surface area (Å²) in [6.07, 6.45) is 7.44. The van der Waals surface area contributed by atoms with Crippen LogP contribution in [0.5, 0.6) is 0 Å². The predicted octanol–water partition coefficient (Wildman–Crippen LogP) is 3.37. The van der Waals surface area contributed by atoms with Crippen LogP contribution in [0.3, 0.4) is 0 Å². The number of furan rings is 1. The van der Waals surface area contributed by atoms with Gasteiger partial charge >= 0.3 is 0 Å². The number of aryl methyl sites for hydroxylation is 2. The van der Waals surface area contributed by atoms with Crippen LogP contribution in [0.4, 0.5) is 5.82 Å². The van der Waals surface area contributed by atoms with Crippen molar-refractivity contribution in [3.63, 3.8) is 0 Å². The van der Waals surface area contributed by atoms with Crippen LogP contribution in [0.25, 0.3) is 43.5 Å². The van der Waals surface area contributed by atoms with Crippen molar-refractivity contribution < 1.29 is 14.6 Å². The molecule has 5 rings (SSSR count). The van der Waals surface area contributed by atoms with Crippen LogP contribution in [0.2, 0.25) is 0 Å². The molecule has 4 N–H and O–H groups in total. The number of anilines is 1. The first-order chi connectivity index (χ1) is 14.5. The lowest BCUT2D eigenvalue weighted by molar-refractivity contribution is 0.186. The number of pyridine rings is 2. The van der Waals surface area contributed by atoms with Crippen molar-refractivity contribution in [1.82, 2.24) is 19.7 Å². The molecule has 30 heavy (non-hydrogen) atoms. The van der Waals surface area contributed by atoms with Gasteiger partial charge in [0.25, 0.3) is 0 Å². The number of aromatic nitrogens is 4. The molecule has 0 aliphatic heterocycles. The minimum atomic E-state index is -0.125. The largest absolute Gasteiger partial charge is 0.452 e. The maximum atomic E-state index is 7.62. The van der Waals surface area contributed by atoms with E-state index in [9.17, 15) is 0 Å². The first-order valence-corrected chi connectivity index (χ1v) is 10.1. The fourth-order valence-corrected chi connectivity index (χ4v) is 4.24. The van der Waals surface area contributed by atoms with Gasteiger partial charge in [-0.1, -0.05) is 0 Å². The Balaban J connectivity index is 0.000000503. The molecule has 0 aliphatic rings. The zero-order chi connectivity index (χ0) is 21.3. The maximum Gasteiger partial charge on any atom is 0.177 e. The first-order valence-electron chi connectivity index (χ1n) is 9.25. The molecule has 0 aromatic carbocycles. The molecule has 154 valence electrons. The molecule has 0 aliphatic carbocycles. The van der Waals surface area contributed by atoms with Gasteiger partial charge in [-0.15, -0.1) is 11.3 Å². The Morgan fingerprint density at radius 3 is 2.63 bits per heavy atom. The van der Waals surface area contributed by atoms with Gasteiger partial charge in [-0.25, -0.2) is 4.98 Å². The number of nitrogens with two attached hydrogens (primary N) is 1. The molecule has 0 saturated carbocycles. The summed E-state index contributed by atoms with van der Waals surface area (Å²) in [5.41, 5.74) is 10.7. The van der Waals surface area contributed by atoms with Crippen molar-refractivity contribution >= 4 is 38.2 Å². The monoisotopic (exact) mass is 423 g/mol. The molecule has 5 aromatic rings. The van der Waals surface area contributed by atoms with Crippen LogP contribution >= 0.6 is 11.3 Å². The molecule has 0 bridgehead atoms. The molecule has 9 heteroatoms. The van der Waals surface area contributed by atoms with Crippen LogP contribution in [0, 0.1) is 6.92 Å². The second-order valence-corrected chi connectivity index (χ2v) is 7.59. The molecule has 0 radical (unpaired) electrons. The lowest BCUT2D eigenvalue weighted by Crippen LogP contribution is -1.91. The van der Waals surface area contributed by atoms with Crippen molar-refractivity contribution in [1.29, 1.82) is 0 Å². The molecule has 0 atom stereocenters. The van der Waals surface area contributed by atoms with Gasteiger partial charge in [0.2, 0.25) is 0 Å². The zero-order valence-corrected chi connectivity index (χ0v) is 17.3. The number of hydrogen-bond donors (Lipinski definition) is 3. The van der Waals surface area contributed by atoms with E-state index in [1.165, 1.54) is 0 Å². The molecule has 5 aromatic heterocycles. The lowest BCUT2D eigenvalue weighted by atomic mass is 10.0. The van der Waals surface area contributed by atoms with E-state index in [4.69, 9.17) is 20.4 Å². The quantitative estimate of drug-likeness (QED) is 0.406. The normalized spacial score (nSPS) is 11.1. The summed E-state index contributed by atoms with van der Waals surface area (Å²) in [4.78, 5) is 8.51. The Morgan fingerprint density at radius 1 is 1.13 bits per heavy atom. The van der Waals surface area contributed by atoms with E-state index in [2.05, 4.69) is 20.4 Å². The van der Waals surface area contributed by atoms with Crippen molar-refractivity contribution in [3.8, 4) is 22.5 Å². The number of fused-ring (bicyclic) bond motifs is 2. The first kappa shape index (κ1) is 20.0. The standard InChI is InChI=1S/C19H15N5OS.C2H6O2/c1-10-14(8-24(2)23-10)13-6-22-19(20)18-12(13)5-16(25-18)15-9-26-17-7-21-4-3-11(15)17;3-1-2-4/h3-9H,1-2H3,(H2,20,22);3-4H,1-2H2. The Kier molecular flexibility index (Phi) is 5.49. The predicted molar refractivity (Wildman–Crippen MR) is 118 cm³/mol. The highest BCUT2D eigenvalue weighted by atomic mass is 32.1. The van der Waals surface area contributed by atoms with Gasteiger partial charge < -0.3 is 20.4 Å². The van der Waals surface area contributed by atoms with Gasteiger partial charge in [0, 0.05) is 64.7 Å². The third-order valence-electron chi connectivity index (χ3n) is 4.64. The average molecular weight is 423 g/mol. The van der Waals surface area contributed by atoms with E-state index < -0.39 is 0 Å². The molecular formula is C21H21N5O3S. The van der Waals surface area contributed by atoms with Gasteiger partial charge in [-0.3, -0.25) is 9.67 Å². The molecule has 0 spiro atoms. The summed E-state index contributed by atoms with van der Waals surface area (Å²) < 4.78 is 9.05. The number of aliphatic hydroxyl groups excluding tert-OH is 2. The second kappa shape index (κ2) is 8.23. The summed E-state index contributed by atoms with van der Waals surface area (Å²) in [6.45, 7) is 1.73. The van der Waals surface area contributed by atoms with Crippen LogP contribution in [0.15, 0.2) is 46.7 Å². The second-order valence-electron chi connectivity index (χ2n) is 6.68. The smallest absolute Gasteiger partial charge is 0.177 e. The highest BCUT2D eigenvalue weighted by Gasteiger charge is 2.18. The fraction of sp³-hybridized carbons (Fsp3) is 0.190. The summed E-state index contributed by atoms with van der Waals surface area (Å²) in [7, 11) is 1.91. The van der Waals surface area contributed by atoms with Gasteiger partial charge in [0.1, 0.15) is 5.76 Å².